The first-order valence-electron chi connectivity index (χ1n) is 4.75. The normalized spacial score (nSPS) is 13.8. The summed E-state index contributed by atoms with van der Waals surface area (Å²) < 4.78 is 10.3. The Morgan fingerprint density at radius 1 is 1.50 bits per heavy atom. The monoisotopic (exact) mass is 204 g/mol. The van der Waals surface area contributed by atoms with E-state index in [0.29, 0.717) is 13.2 Å². The molecule has 0 aliphatic heterocycles. The number of rotatable bonds is 6. The number of aliphatic hydroxyl groups excluding tert-OH is 1. The fraction of sp³-hybridized carbons (Fsp3) is 0.900. The zero-order valence-electron chi connectivity index (χ0n) is 9.37. The number of carbonyl (C=O) groups excluding carboxylic acids is 1. The third-order valence-electron chi connectivity index (χ3n) is 1.58. The second kappa shape index (κ2) is 5.98. The lowest BCUT2D eigenvalue weighted by Crippen LogP contribution is -2.33. The predicted octanol–water partition coefficient (Wildman–Crippen LogP) is 0.973. The number of hydrogen-bond donors (Lipinski definition) is 1. The highest BCUT2D eigenvalue weighted by molar-refractivity contribution is 5.66. The molecule has 0 aromatic carbocycles. The minimum absolute atomic E-state index is 0.105. The van der Waals surface area contributed by atoms with Crippen molar-refractivity contribution in [2.24, 2.45) is 5.92 Å². The van der Waals surface area contributed by atoms with Gasteiger partial charge in [-0.2, -0.15) is 0 Å². The largest absolute Gasteiger partial charge is 0.457 e. The molecule has 0 aromatic rings. The molecule has 4 heteroatoms. The average Bonchev–Trinajstić information content (AvgIpc) is 2.01. The van der Waals surface area contributed by atoms with Crippen LogP contribution in [-0.4, -0.2) is 36.5 Å². The van der Waals surface area contributed by atoms with Gasteiger partial charge in [-0.15, -0.1) is 0 Å². The fourth-order valence-corrected chi connectivity index (χ4v) is 0.977. The van der Waals surface area contributed by atoms with Gasteiger partial charge in [-0.3, -0.25) is 4.79 Å². The molecular weight excluding hydrogens is 184 g/mol. The molecule has 0 fully saturated rings. The minimum Gasteiger partial charge on any atom is -0.457 e. The van der Waals surface area contributed by atoms with Crippen LogP contribution in [0.2, 0.25) is 0 Å². The lowest BCUT2D eigenvalue weighted by atomic mass is 10.1. The Labute approximate surface area is 85.2 Å². The third kappa shape index (κ3) is 6.86. The number of esters is 1. The Morgan fingerprint density at radius 2 is 2.07 bits per heavy atom. The Balaban J connectivity index is 3.70. The first kappa shape index (κ1) is 13.4. The van der Waals surface area contributed by atoms with E-state index < -0.39 is 5.60 Å². The van der Waals surface area contributed by atoms with E-state index in [1.165, 1.54) is 6.92 Å². The number of ether oxygens (including phenoxy) is 2. The molecule has 0 unspecified atom stereocenters. The Morgan fingerprint density at radius 3 is 2.50 bits per heavy atom. The van der Waals surface area contributed by atoms with Crippen molar-refractivity contribution in [3.63, 3.8) is 0 Å². The van der Waals surface area contributed by atoms with Gasteiger partial charge < -0.3 is 14.6 Å². The first-order valence-corrected chi connectivity index (χ1v) is 4.75. The van der Waals surface area contributed by atoms with Crippen LogP contribution >= 0.6 is 0 Å². The van der Waals surface area contributed by atoms with Gasteiger partial charge in [-0.25, -0.2) is 0 Å². The highest BCUT2D eigenvalue weighted by atomic mass is 16.6. The van der Waals surface area contributed by atoms with E-state index in [2.05, 4.69) is 0 Å². The topological polar surface area (TPSA) is 55.8 Å². The van der Waals surface area contributed by atoms with Gasteiger partial charge in [0.2, 0.25) is 0 Å². The van der Waals surface area contributed by atoms with Crippen molar-refractivity contribution < 1.29 is 19.4 Å². The van der Waals surface area contributed by atoms with Crippen molar-refractivity contribution in [3.05, 3.63) is 0 Å². The number of hydrogen-bond acceptors (Lipinski definition) is 4. The van der Waals surface area contributed by atoms with Crippen molar-refractivity contribution in [2.45, 2.75) is 33.3 Å². The van der Waals surface area contributed by atoms with Gasteiger partial charge in [-0.1, -0.05) is 6.92 Å². The van der Waals surface area contributed by atoms with Crippen molar-refractivity contribution in [1.82, 2.24) is 0 Å². The second-order valence-electron chi connectivity index (χ2n) is 4.16. The first-order chi connectivity index (χ1) is 6.37. The van der Waals surface area contributed by atoms with Crippen LogP contribution in [0.4, 0.5) is 0 Å². The highest BCUT2D eigenvalue weighted by Crippen LogP contribution is 2.10. The van der Waals surface area contributed by atoms with Crippen LogP contribution in [0.3, 0.4) is 0 Å². The van der Waals surface area contributed by atoms with Crippen LogP contribution in [-0.2, 0) is 14.3 Å². The van der Waals surface area contributed by atoms with Gasteiger partial charge in [0.25, 0.3) is 0 Å². The molecule has 0 radical (unpaired) electrons. The molecule has 1 N–H and O–H groups in total. The summed E-state index contributed by atoms with van der Waals surface area (Å²) in [5.74, 6) is -0.197. The van der Waals surface area contributed by atoms with Crippen molar-refractivity contribution in [1.29, 1.82) is 0 Å². The lowest BCUT2D eigenvalue weighted by Gasteiger charge is -2.24. The van der Waals surface area contributed by atoms with Gasteiger partial charge in [0.1, 0.15) is 5.60 Å². The SMILES string of the molecule is CC(=O)OC(C)(C)COC[C@H](C)CO. The maximum atomic E-state index is 10.7. The van der Waals surface area contributed by atoms with Crippen LogP contribution in [0.5, 0.6) is 0 Å². The molecule has 0 heterocycles. The Kier molecular flexibility index (Phi) is 5.72. The smallest absolute Gasteiger partial charge is 0.303 e. The zero-order valence-corrected chi connectivity index (χ0v) is 9.37. The molecule has 0 aromatic heterocycles. The summed E-state index contributed by atoms with van der Waals surface area (Å²) in [5, 5.41) is 8.74. The molecule has 0 spiro atoms. The fourth-order valence-electron chi connectivity index (χ4n) is 0.977. The number of aliphatic hydroxyl groups is 1. The van der Waals surface area contributed by atoms with Crippen LogP contribution in [0.15, 0.2) is 0 Å². The van der Waals surface area contributed by atoms with Gasteiger partial charge in [0.15, 0.2) is 0 Å². The summed E-state index contributed by atoms with van der Waals surface area (Å²) in [7, 11) is 0. The second-order valence-corrected chi connectivity index (χ2v) is 4.16. The summed E-state index contributed by atoms with van der Waals surface area (Å²) in [6.45, 7) is 7.76. The molecule has 84 valence electrons. The van der Waals surface area contributed by atoms with E-state index in [1.54, 1.807) is 13.8 Å². The molecule has 0 rings (SSSR count). The minimum atomic E-state index is -0.596. The van der Waals surface area contributed by atoms with Crippen molar-refractivity contribution in [2.75, 3.05) is 19.8 Å². The van der Waals surface area contributed by atoms with Crippen LogP contribution in [0.1, 0.15) is 27.7 Å². The molecule has 0 amide bonds. The zero-order chi connectivity index (χ0) is 11.2. The Hall–Kier alpha value is -0.610. The van der Waals surface area contributed by atoms with Gasteiger partial charge >= 0.3 is 5.97 Å². The van der Waals surface area contributed by atoms with Gasteiger partial charge in [0, 0.05) is 19.4 Å². The summed E-state index contributed by atoms with van der Waals surface area (Å²) >= 11 is 0. The molecule has 0 aliphatic rings. The summed E-state index contributed by atoms with van der Waals surface area (Å²) in [6, 6.07) is 0. The molecule has 0 bridgehead atoms. The van der Waals surface area contributed by atoms with Crippen LogP contribution < -0.4 is 0 Å². The molecular formula is C10H20O4. The van der Waals surface area contributed by atoms with E-state index in [1.807, 2.05) is 6.92 Å². The average molecular weight is 204 g/mol. The Bertz CT molecular complexity index is 177. The quantitative estimate of drug-likeness (QED) is 0.655. The molecule has 1 atom stereocenters. The molecule has 0 aliphatic carbocycles. The number of carbonyl (C=O) groups is 1. The summed E-state index contributed by atoms with van der Waals surface area (Å²) in [5.41, 5.74) is -0.596. The van der Waals surface area contributed by atoms with Crippen molar-refractivity contribution in [3.8, 4) is 0 Å². The van der Waals surface area contributed by atoms with Crippen LogP contribution in [0, 0.1) is 5.92 Å². The van der Waals surface area contributed by atoms with Gasteiger partial charge in [0.05, 0.1) is 13.2 Å². The molecule has 4 nitrogen and oxygen atoms in total. The summed E-state index contributed by atoms with van der Waals surface area (Å²) in [4.78, 5) is 10.7. The van der Waals surface area contributed by atoms with E-state index >= 15 is 0 Å². The third-order valence-corrected chi connectivity index (χ3v) is 1.58. The molecule has 14 heavy (non-hydrogen) atoms. The van der Waals surface area contributed by atoms with E-state index in [0.717, 1.165) is 0 Å². The maximum absolute atomic E-state index is 10.7. The molecule has 0 saturated carbocycles. The van der Waals surface area contributed by atoms with Crippen molar-refractivity contribution >= 4 is 5.97 Å². The lowest BCUT2D eigenvalue weighted by molar-refractivity contribution is -0.159. The van der Waals surface area contributed by atoms with Crippen LogP contribution in [0.25, 0.3) is 0 Å². The predicted molar refractivity (Wildman–Crippen MR) is 52.9 cm³/mol. The van der Waals surface area contributed by atoms with E-state index in [-0.39, 0.29) is 18.5 Å². The molecule has 0 saturated heterocycles. The summed E-state index contributed by atoms with van der Waals surface area (Å²) in [6.07, 6.45) is 0. The van der Waals surface area contributed by atoms with Gasteiger partial charge in [-0.05, 0) is 13.8 Å². The standard InChI is InChI=1S/C10H20O4/c1-8(5-11)6-13-7-10(3,4)14-9(2)12/h8,11H,5-7H2,1-4H3/t8-/m1/s1. The van der Waals surface area contributed by atoms with E-state index in [9.17, 15) is 4.79 Å². The maximum Gasteiger partial charge on any atom is 0.303 e. The highest BCUT2D eigenvalue weighted by Gasteiger charge is 2.21. The van der Waals surface area contributed by atoms with E-state index in [4.69, 9.17) is 14.6 Å².